The maximum Gasteiger partial charge on any atom is 0.325 e. The molecule has 128 valence electrons. The molecule has 4 rings (SSSR count). The molecule has 1 aliphatic heterocycles. The lowest BCUT2D eigenvalue weighted by Gasteiger charge is -2.25. The minimum absolute atomic E-state index is 0.332. The molecule has 0 unspecified atom stereocenters. The van der Waals surface area contributed by atoms with Crippen molar-refractivity contribution in [1.29, 1.82) is 0 Å². The largest absolute Gasteiger partial charge is 0.360 e. The van der Waals surface area contributed by atoms with Crippen LogP contribution in [-0.4, -0.2) is 26.6 Å². The Morgan fingerprint density at radius 3 is 3.00 bits per heavy atom. The van der Waals surface area contributed by atoms with Gasteiger partial charge in [0.05, 0.1) is 0 Å². The standard InChI is InChI=1S/C17H15FN4O3/c18-12-3-1-2-10(6-12)15-13-9-22(5-4-14(13)25-21-15)8-11-7-19-17(24)20-16(11)23/h1-3,6-7H,4-5,8-9H2,(H2,19,20,23,24). The quantitative estimate of drug-likeness (QED) is 0.750. The lowest BCUT2D eigenvalue weighted by atomic mass is 10.0. The minimum Gasteiger partial charge on any atom is -0.360 e. The molecule has 0 saturated carbocycles. The van der Waals surface area contributed by atoms with Gasteiger partial charge in [-0.15, -0.1) is 0 Å². The fraction of sp³-hybridized carbons (Fsp3) is 0.235. The summed E-state index contributed by atoms with van der Waals surface area (Å²) in [6, 6.07) is 6.22. The van der Waals surface area contributed by atoms with Gasteiger partial charge < -0.3 is 9.51 Å². The molecule has 0 spiro atoms. The van der Waals surface area contributed by atoms with Crippen molar-refractivity contribution in [1.82, 2.24) is 20.0 Å². The number of hydrogen-bond acceptors (Lipinski definition) is 5. The van der Waals surface area contributed by atoms with Crippen molar-refractivity contribution in [2.45, 2.75) is 19.5 Å². The smallest absolute Gasteiger partial charge is 0.325 e. The van der Waals surface area contributed by atoms with Crippen molar-refractivity contribution in [3.8, 4) is 11.3 Å². The second kappa shape index (κ2) is 6.14. The average Bonchev–Trinajstić information content (AvgIpc) is 3.01. The molecular formula is C17H15FN4O3. The molecule has 0 saturated heterocycles. The topological polar surface area (TPSA) is 95.0 Å². The first-order valence-corrected chi connectivity index (χ1v) is 7.87. The van der Waals surface area contributed by atoms with Gasteiger partial charge in [0, 0.05) is 48.9 Å². The number of nitrogens with zero attached hydrogens (tertiary/aromatic N) is 2. The summed E-state index contributed by atoms with van der Waals surface area (Å²) in [6.07, 6.45) is 2.08. The van der Waals surface area contributed by atoms with Crippen molar-refractivity contribution in [2.24, 2.45) is 0 Å². The van der Waals surface area contributed by atoms with E-state index in [0.29, 0.717) is 42.9 Å². The van der Waals surface area contributed by atoms with Gasteiger partial charge in [-0.3, -0.25) is 14.7 Å². The minimum atomic E-state index is -0.526. The van der Waals surface area contributed by atoms with E-state index in [0.717, 1.165) is 11.3 Å². The predicted octanol–water partition coefficient (Wildman–Crippen LogP) is 1.42. The van der Waals surface area contributed by atoms with Crippen LogP contribution in [-0.2, 0) is 19.5 Å². The first-order chi connectivity index (χ1) is 12.1. The Morgan fingerprint density at radius 2 is 2.20 bits per heavy atom. The maximum atomic E-state index is 13.5. The molecule has 8 heteroatoms. The zero-order chi connectivity index (χ0) is 17.4. The highest BCUT2D eigenvalue weighted by Gasteiger charge is 2.25. The van der Waals surface area contributed by atoms with E-state index in [4.69, 9.17) is 4.52 Å². The number of nitrogens with one attached hydrogen (secondary N) is 2. The van der Waals surface area contributed by atoms with Crippen molar-refractivity contribution in [2.75, 3.05) is 6.54 Å². The highest BCUT2D eigenvalue weighted by atomic mass is 19.1. The predicted molar refractivity (Wildman–Crippen MR) is 87.4 cm³/mol. The Morgan fingerprint density at radius 1 is 1.32 bits per heavy atom. The van der Waals surface area contributed by atoms with Crippen molar-refractivity contribution >= 4 is 0 Å². The monoisotopic (exact) mass is 342 g/mol. The summed E-state index contributed by atoms with van der Waals surface area (Å²) in [5.41, 5.74) is 1.74. The van der Waals surface area contributed by atoms with E-state index in [1.165, 1.54) is 18.3 Å². The van der Waals surface area contributed by atoms with Gasteiger partial charge in [0.1, 0.15) is 17.3 Å². The summed E-state index contributed by atoms with van der Waals surface area (Å²) in [5.74, 6) is 0.451. The number of H-pyrrole nitrogens is 2. The summed E-state index contributed by atoms with van der Waals surface area (Å²) in [5, 5.41) is 4.10. The van der Waals surface area contributed by atoms with E-state index in [9.17, 15) is 14.0 Å². The molecule has 0 bridgehead atoms. The molecule has 0 atom stereocenters. The molecule has 7 nitrogen and oxygen atoms in total. The van der Waals surface area contributed by atoms with Crippen molar-refractivity contribution < 1.29 is 8.91 Å². The van der Waals surface area contributed by atoms with Gasteiger partial charge in [-0.1, -0.05) is 17.3 Å². The van der Waals surface area contributed by atoms with Gasteiger partial charge in [-0.2, -0.15) is 0 Å². The number of aromatic amines is 2. The van der Waals surface area contributed by atoms with Gasteiger partial charge in [0.15, 0.2) is 0 Å². The highest BCUT2D eigenvalue weighted by Crippen LogP contribution is 2.30. The lowest BCUT2D eigenvalue weighted by Crippen LogP contribution is -2.33. The summed E-state index contributed by atoms with van der Waals surface area (Å²) in [4.78, 5) is 29.7. The Bertz CT molecular complexity index is 1040. The van der Waals surface area contributed by atoms with Crippen LogP contribution in [0.3, 0.4) is 0 Å². The molecule has 0 aliphatic carbocycles. The number of aromatic nitrogens is 3. The second-order valence-electron chi connectivity index (χ2n) is 6.00. The molecular weight excluding hydrogens is 327 g/mol. The van der Waals surface area contributed by atoms with E-state index >= 15 is 0 Å². The van der Waals surface area contributed by atoms with Gasteiger partial charge in [0.2, 0.25) is 0 Å². The van der Waals surface area contributed by atoms with Gasteiger partial charge in [-0.05, 0) is 12.1 Å². The SMILES string of the molecule is O=c1[nH]cc(CN2CCc3onc(-c4cccc(F)c4)c3C2)c(=O)[nH]1. The van der Waals surface area contributed by atoms with Crippen LogP contribution in [0.25, 0.3) is 11.3 Å². The Balaban J connectivity index is 1.61. The summed E-state index contributed by atoms with van der Waals surface area (Å²) >= 11 is 0. The number of benzene rings is 1. The van der Waals surface area contributed by atoms with Gasteiger partial charge >= 0.3 is 5.69 Å². The Hall–Kier alpha value is -3.00. The van der Waals surface area contributed by atoms with Crippen LogP contribution in [0.4, 0.5) is 4.39 Å². The van der Waals surface area contributed by atoms with E-state index in [-0.39, 0.29) is 5.82 Å². The molecule has 3 heterocycles. The number of halogens is 1. The third kappa shape index (κ3) is 3.03. The highest BCUT2D eigenvalue weighted by molar-refractivity contribution is 5.63. The van der Waals surface area contributed by atoms with Gasteiger partial charge in [0.25, 0.3) is 5.56 Å². The van der Waals surface area contributed by atoms with E-state index in [2.05, 4.69) is 20.0 Å². The fourth-order valence-corrected chi connectivity index (χ4v) is 3.06. The summed E-state index contributed by atoms with van der Waals surface area (Å²) < 4.78 is 18.9. The molecule has 0 fully saturated rings. The second-order valence-corrected chi connectivity index (χ2v) is 6.00. The molecule has 1 aliphatic rings. The van der Waals surface area contributed by atoms with Crippen LogP contribution >= 0.6 is 0 Å². The molecule has 2 aromatic heterocycles. The zero-order valence-electron chi connectivity index (χ0n) is 13.2. The van der Waals surface area contributed by atoms with Crippen molar-refractivity contribution in [3.63, 3.8) is 0 Å². The van der Waals surface area contributed by atoms with E-state index in [1.807, 2.05) is 0 Å². The number of fused-ring (bicyclic) bond motifs is 1. The number of rotatable bonds is 3. The van der Waals surface area contributed by atoms with E-state index < -0.39 is 11.2 Å². The first-order valence-electron chi connectivity index (χ1n) is 7.87. The molecule has 3 aromatic rings. The van der Waals surface area contributed by atoms with Crippen LogP contribution in [0.15, 0.2) is 44.6 Å². The summed E-state index contributed by atoms with van der Waals surface area (Å²) in [6.45, 7) is 1.62. The molecule has 2 N–H and O–H groups in total. The lowest BCUT2D eigenvalue weighted by molar-refractivity contribution is 0.227. The Labute approximate surface area is 141 Å². The molecule has 0 amide bonds. The molecule has 25 heavy (non-hydrogen) atoms. The van der Waals surface area contributed by atoms with Crippen LogP contribution in [0, 0.1) is 5.82 Å². The molecule has 0 radical (unpaired) electrons. The Kier molecular flexibility index (Phi) is 3.81. The average molecular weight is 342 g/mol. The maximum absolute atomic E-state index is 13.5. The third-order valence-electron chi connectivity index (χ3n) is 4.29. The van der Waals surface area contributed by atoms with Crippen LogP contribution < -0.4 is 11.2 Å². The third-order valence-corrected chi connectivity index (χ3v) is 4.29. The van der Waals surface area contributed by atoms with Crippen LogP contribution in [0.5, 0.6) is 0 Å². The number of hydrogen-bond donors (Lipinski definition) is 2. The van der Waals surface area contributed by atoms with Crippen LogP contribution in [0.2, 0.25) is 0 Å². The van der Waals surface area contributed by atoms with Crippen molar-refractivity contribution in [3.05, 3.63) is 74.0 Å². The summed E-state index contributed by atoms with van der Waals surface area (Å²) in [7, 11) is 0. The zero-order valence-corrected chi connectivity index (χ0v) is 13.2. The van der Waals surface area contributed by atoms with Gasteiger partial charge in [-0.25, -0.2) is 9.18 Å². The normalized spacial score (nSPS) is 14.4. The fourth-order valence-electron chi connectivity index (χ4n) is 3.06. The van der Waals surface area contributed by atoms with Crippen LogP contribution in [0.1, 0.15) is 16.9 Å². The molecule has 1 aromatic carbocycles. The first kappa shape index (κ1) is 15.5. The van der Waals surface area contributed by atoms with E-state index in [1.54, 1.807) is 12.1 Å².